The minimum absolute atomic E-state index is 0.0699. The molecule has 3 heterocycles. The van der Waals surface area contributed by atoms with E-state index in [4.69, 9.17) is 9.47 Å². The van der Waals surface area contributed by atoms with Crippen molar-refractivity contribution in [3.8, 4) is 0 Å². The average molecular weight is 558 g/mol. The second-order valence-corrected chi connectivity index (χ2v) is 13.4. The number of thiazole rings is 1. The Kier molecular flexibility index (Phi) is 9.01. The van der Waals surface area contributed by atoms with Gasteiger partial charge < -0.3 is 19.7 Å². The summed E-state index contributed by atoms with van der Waals surface area (Å²) in [7, 11) is 0. The second kappa shape index (κ2) is 11.8. The van der Waals surface area contributed by atoms with E-state index in [0.29, 0.717) is 6.42 Å². The number of rotatable bonds is 3. The zero-order valence-corrected chi connectivity index (χ0v) is 24.8. The first-order valence-electron chi connectivity index (χ1n) is 14.2. The standard InChI is InChI=1S/C31H43NO6S/c1-7-8-11-21-28(35)18(2)10-9-14-31(6)26(38-31)16-23(20-12-13-24-22(15-20)32-19(3)39-24)37-27(34)17-25(33)30(4,5)29(21)36/h8,11-13,15,18,21,23,25-26,28,33,35H,7,9-10,14,16-17H2,1-6H3/t18-,21+,23-,25-,26?,28+,31?/m0/s1. The van der Waals surface area contributed by atoms with Gasteiger partial charge in [0.05, 0.1) is 56.9 Å². The number of carbonyl (C=O) groups is 2. The molecule has 2 aromatic rings. The molecule has 2 saturated heterocycles. The van der Waals surface area contributed by atoms with E-state index in [0.717, 1.165) is 46.5 Å². The predicted molar refractivity (Wildman–Crippen MR) is 152 cm³/mol. The van der Waals surface area contributed by atoms with Crippen LogP contribution in [0.5, 0.6) is 0 Å². The summed E-state index contributed by atoms with van der Waals surface area (Å²) < 4.78 is 13.2. The lowest BCUT2D eigenvalue weighted by atomic mass is 9.72. The third-order valence-electron chi connectivity index (χ3n) is 8.62. The molecule has 39 heavy (non-hydrogen) atoms. The van der Waals surface area contributed by atoms with Crippen LogP contribution in [0.25, 0.3) is 10.2 Å². The van der Waals surface area contributed by atoms with Crippen molar-refractivity contribution in [3.63, 3.8) is 0 Å². The van der Waals surface area contributed by atoms with Crippen LogP contribution < -0.4 is 0 Å². The molecule has 0 amide bonds. The maximum Gasteiger partial charge on any atom is 0.309 e. The summed E-state index contributed by atoms with van der Waals surface area (Å²) in [6, 6.07) is 5.93. The summed E-state index contributed by atoms with van der Waals surface area (Å²) in [6.45, 7) is 11.3. The molecule has 7 atom stereocenters. The smallest absolute Gasteiger partial charge is 0.309 e. The Morgan fingerprint density at radius 3 is 2.67 bits per heavy atom. The molecular weight excluding hydrogens is 514 g/mol. The number of aliphatic hydroxyl groups excluding tert-OH is 2. The molecule has 0 aliphatic carbocycles. The van der Waals surface area contributed by atoms with Gasteiger partial charge in [-0.1, -0.05) is 52.3 Å². The molecule has 1 aromatic carbocycles. The van der Waals surface area contributed by atoms with Crippen LogP contribution in [-0.2, 0) is 19.1 Å². The number of esters is 1. The molecule has 0 saturated carbocycles. The number of fused-ring (bicyclic) bond motifs is 2. The number of aryl methyl sites for hydroxylation is 1. The van der Waals surface area contributed by atoms with E-state index in [9.17, 15) is 19.8 Å². The molecule has 0 bridgehead atoms. The second-order valence-electron chi connectivity index (χ2n) is 12.1. The molecular formula is C31H43NO6S. The van der Waals surface area contributed by atoms with E-state index in [2.05, 4.69) is 11.9 Å². The summed E-state index contributed by atoms with van der Waals surface area (Å²) in [4.78, 5) is 31.5. The number of nitrogens with zero attached hydrogens (tertiary/aromatic N) is 1. The van der Waals surface area contributed by atoms with Gasteiger partial charge in [0.2, 0.25) is 0 Å². The van der Waals surface area contributed by atoms with E-state index in [-0.39, 0.29) is 29.8 Å². The first-order chi connectivity index (χ1) is 18.4. The van der Waals surface area contributed by atoms with Gasteiger partial charge in [0, 0.05) is 6.42 Å². The Bertz CT molecular complexity index is 1220. The Balaban J connectivity index is 1.63. The van der Waals surface area contributed by atoms with Crippen molar-refractivity contribution < 1.29 is 29.3 Å². The van der Waals surface area contributed by atoms with Gasteiger partial charge in [-0.05, 0) is 56.7 Å². The molecule has 4 rings (SSSR count). The van der Waals surface area contributed by atoms with Gasteiger partial charge in [-0.25, -0.2) is 4.98 Å². The van der Waals surface area contributed by atoms with Gasteiger partial charge in [-0.15, -0.1) is 11.3 Å². The van der Waals surface area contributed by atoms with Crippen molar-refractivity contribution in [1.29, 1.82) is 0 Å². The highest BCUT2D eigenvalue weighted by Crippen LogP contribution is 2.47. The summed E-state index contributed by atoms with van der Waals surface area (Å²) in [5.74, 6) is -1.74. The number of hydrogen-bond donors (Lipinski definition) is 2. The Labute approximate surface area is 235 Å². The largest absolute Gasteiger partial charge is 0.457 e. The van der Waals surface area contributed by atoms with Crippen LogP contribution in [0.15, 0.2) is 30.4 Å². The zero-order chi connectivity index (χ0) is 28.5. The van der Waals surface area contributed by atoms with Gasteiger partial charge in [0.15, 0.2) is 0 Å². The van der Waals surface area contributed by atoms with Crippen molar-refractivity contribution in [3.05, 3.63) is 40.9 Å². The fourth-order valence-corrected chi connectivity index (χ4v) is 6.47. The van der Waals surface area contributed by atoms with Crippen molar-refractivity contribution in [1.82, 2.24) is 4.98 Å². The highest BCUT2D eigenvalue weighted by atomic mass is 32.1. The van der Waals surface area contributed by atoms with E-state index >= 15 is 0 Å². The predicted octanol–water partition coefficient (Wildman–Crippen LogP) is 5.85. The monoisotopic (exact) mass is 557 g/mol. The molecule has 2 N–H and O–H groups in total. The molecule has 2 fully saturated rings. The quantitative estimate of drug-likeness (QED) is 0.277. The van der Waals surface area contributed by atoms with Crippen molar-refractivity contribution in [2.24, 2.45) is 17.3 Å². The van der Waals surface area contributed by atoms with Gasteiger partial charge in [0.25, 0.3) is 0 Å². The number of ether oxygens (including phenoxy) is 2. The lowest BCUT2D eigenvalue weighted by Crippen LogP contribution is -2.46. The summed E-state index contributed by atoms with van der Waals surface area (Å²) in [5.41, 5.74) is 0.117. The lowest BCUT2D eigenvalue weighted by molar-refractivity contribution is -0.156. The minimum atomic E-state index is -1.27. The number of aliphatic hydroxyl groups is 2. The molecule has 1 aromatic heterocycles. The number of carbonyl (C=O) groups excluding carboxylic acids is 2. The maximum absolute atomic E-state index is 13.7. The fourth-order valence-electron chi connectivity index (χ4n) is 5.67. The molecule has 0 radical (unpaired) electrons. The van der Waals surface area contributed by atoms with Crippen LogP contribution in [0.1, 0.15) is 89.8 Å². The molecule has 2 unspecified atom stereocenters. The molecule has 0 spiro atoms. The van der Waals surface area contributed by atoms with Crippen LogP contribution in [-0.4, -0.2) is 50.9 Å². The summed E-state index contributed by atoms with van der Waals surface area (Å²) in [6.07, 6.45) is 4.15. The van der Waals surface area contributed by atoms with Gasteiger partial charge >= 0.3 is 5.97 Å². The van der Waals surface area contributed by atoms with Crippen molar-refractivity contribution in [2.75, 3.05) is 0 Å². The molecule has 7 nitrogen and oxygen atoms in total. The summed E-state index contributed by atoms with van der Waals surface area (Å²) >= 11 is 1.62. The number of ketones is 1. The summed E-state index contributed by atoms with van der Waals surface area (Å²) in [5, 5.41) is 23.3. The molecule has 8 heteroatoms. The maximum atomic E-state index is 13.7. The van der Waals surface area contributed by atoms with E-state index in [1.807, 2.05) is 45.0 Å². The van der Waals surface area contributed by atoms with Crippen molar-refractivity contribution in [2.45, 2.75) is 110 Å². The number of epoxide rings is 1. The van der Waals surface area contributed by atoms with Crippen molar-refractivity contribution >= 4 is 33.3 Å². The normalized spacial score (nSPS) is 34.7. The van der Waals surface area contributed by atoms with Crippen LogP contribution in [0.3, 0.4) is 0 Å². The Hall–Kier alpha value is -2.13. The number of allylic oxidation sites excluding steroid dienone is 1. The topological polar surface area (TPSA) is 109 Å². The van der Waals surface area contributed by atoms with E-state index < -0.39 is 35.6 Å². The van der Waals surface area contributed by atoms with Gasteiger partial charge in [0.1, 0.15) is 11.9 Å². The minimum Gasteiger partial charge on any atom is -0.457 e. The average Bonchev–Trinajstić information content (AvgIpc) is 3.34. The third kappa shape index (κ3) is 6.62. The SMILES string of the molecule is CCC=C[C@H]1C(=O)C(C)(C)[C@@H](O)CC(=O)O[C@H](c2ccc3sc(C)nc3c2)CC2OC2(C)CCC[C@H](C)[C@H]1O. The first kappa shape index (κ1) is 29.8. The highest BCUT2D eigenvalue weighted by molar-refractivity contribution is 7.18. The number of aromatic nitrogens is 1. The van der Waals surface area contributed by atoms with Crippen LogP contribution >= 0.6 is 11.3 Å². The molecule has 214 valence electrons. The van der Waals surface area contributed by atoms with Crippen LogP contribution in [0.2, 0.25) is 0 Å². The van der Waals surface area contributed by atoms with E-state index in [1.165, 1.54) is 0 Å². The molecule has 2 aliphatic rings. The first-order valence-corrected chi connectivity index (χ1v) is 15.0. The Morgan fingerprint density at radius 1 is 1.21 bits per heavy atom. The Morgan fingerprint density at radius 2 is 1.95 bits per heavy atom. The third-order valence-corrected chi connectivity index (χ3v) is 9.57. The zero-order valence-electron chi connectivity index (χ0n) is 24.0. The highest BCUT2D eigenvalue weighted by Gasteiger charge is 2.53. The fraction of sp³-hybridized carbons (Fsp3) is 0.645. The number of Topliss-reactive ketones (excluding diaryl/α,β-unsaturated/α-hetero) is 1. The lowest BCUT2D eigenvalue weighted by Gasteiger charge is -2.35. The van der Waals surface area contributed by atoms with E-state index in [1.54, 1.807) is 31.3 Å². The molecule has 2 aliphatic heterocycles. The number of cyclic esters (lactones) is 1. The van der Waals surface area contributed by atoms with Crippen LogP contribution in [0.4, 0.5) is 0 Å². The van der Waals surface area contributed by atoms with Crippen LogP contribution in [0, 0.1) is 24.2 Å². The number of hydrogen-bond acceptors (Lipinski definition) is 8. The van der Waals surface area contributed by atoms with Gasteiger partial charge in [-0.2, -0.15) is 0 Å². The number of benzene rings is 1. The van der Waals surface area contributed by atoms with Gasteiger partial charge in [-0.3, -0.25) is 9.59 Å².